The number of nitrogens with zero attached hydrogens (tertiary/aromatic N) is 1. The number of likely N-dealkylation sites (N-methyl/N-ethyl adjacent to an activating group) is 1. The van der Waals surface area contributed by atoms with Crippen molar-refractivity contribution < 1.29 is 13.2 Å². The van der Waals surface area contributed by atoms with Crippen LogP contribution in [0.25, 0.3) is 0 Å². The Labute approximate surface area is 118 Å². The molecule has 5 nitrogen and oxygen atoms in total. The van der Waals surface area contributed by atoms with Crippen LogP contribution in [0.5, 0.6) is 0 Å². The SMILES string of the molecule is CN(C(=O)[C@@H]1Cc2ccccc2N1)C1CCS(=O)(=O)C1. The average Bonchev–Trinajstić information content (AvgIpc) is 3.00. The second-order valence-corrected chi connectivity index (χ2v) is 7.79. The maximum atomic E-state index is 12.5. The summed E-state index contributed by atoms with van der Waals surface area (Å²) in [7, 11) is -1.26. The van der Waals surface area contributed by atoms with Crippen molar-refractivity contribution in [2.75, 3.05) is 23.9 Å². The molecular formula is C14H18N2O3S. The smallest absolute Gasteiger partial charge is 0.245 e. The Bertz CT molecular complexity index is 617. The fourth-order valence-electron chi connectivity index (χ4n) is 2.95. The number of fused-ring (bicyclic) bond motifs is 1. The average molecular weight is 294 g/mol. The maximum Gasteiger partial charge on any atom is 0.245 e. The van der Waals surface area contributed by atoms with Crippen molar-refractivity contribution in [1.82, 2.24) is 4.90 Å². The van der Waals surface area contributed by atoms with Gasteiger partial charge in [0, 0.05) is 25.2 Å². The molecule has 2 atom stereocenters. The lowest BCUT2D eigenvalue weighted by atomic mass is 10.1. The molecule has 0 bridgehead atoms. The van der Waals surface area contributed by atoms with E-state index in [0.717, 1.165) is 11.3 Å². The van der Waals surface area contributed by atoms with E-state index in [-0.39, 0.29) is 29.5 Å². The number of carbonyl (C=O) groups is 1. The largest absolute Gasteiger partial charge is 0.373 e. The normalized spacial score (nSPS) is 26.9. The van der Waals surface area contributed by atoms with Crippen LogP contribution < -0.4 is 5.32 Å². The van der Waals surface area contributed by atoms with Gasteiger partial charge in [0.25, 0.3) is 0 Å². The fourth-order valence-corrected chi connectivity index (χ4v) is 4.73. The van der Waals surface area contributed by atoms with Crippen molar-refractivity contribution in [3.05, 3.63) is 29.8 Å². The molecule has 1 aromatic carbocycles. The number of hydrogen-bond acceptors (Lipinski definition) is 4. The summed E-state index contributed by atoms with van der Waals surface area (Å²) in [6, 6.07) is 7.41. The third-order valence-electron chi connectivity index (χ3n) is 4.17. The van der Waals surface area contributed by atoms with Gasteiger partial charge in [0.2, 0.25) is 5.91 Å². The molecule has 6 heteroatoms. The highest BCUT2D eigenvalue weighted by Gasteiger charge is 2.36. The molecule has 0 saturated carbocycles. The summed E-state index contributed by atoms with van der Waals surface area (Å²) in [6.07, 6.45) is 1.21. The van der Waals surface area contributed by atoms with Crippen molar-refractivity contribution >= 4 is 21.4 Å². The van der Waals surface area contributed by atoms with E-state index in [0.29, 0.717) is 12.8 Å². The Kier molecular flexibility index (Phi) is 3.20. The minimum atomic E-state index is -2.97. The van der Waals surface area contributed by atoms with Crippen LogP contribution in [0.1, 0.15) is 12.0 Å². The van der Waals surface area contributed by atoms with E-state index in [1.54, 1.807) is 11.9 Å². The van der Waals surface area contributed by atoms with Crippen LogP contribution in [0.15, 0.2) is 24.3 Å². The Morgan fingerprint density at radius 2 is 2.10 bits per heavy atom. The van der Waals surface area contributed by atoms with Crippen LogP contribution in [0, 0.1) is 0 Å². The summed E-state index contributed by atoms with van der Waals surface area (Å²) >= 11 is 0. The van der Waals surface area contributed by atoms with Gasteiger partial charge in [-0.2, -0.15) is 0 Å². The number of anilines is 1. The molecule has 1 aromatic rings. The Hall–Kier alpha value is -1.56. The van der Waals surface area contributed by atoms with Crippen LogP contribution in [-0.2, 0) is 21.1 Å². The molecule has 1 saturated heterocycles. The molecule has 108 valence electrons. The molecule has 1 amide bonds. The molecule has 2 aliphatic heterocycles. The molecular weight excluding hydrogens is 276 g/mol. The van der Waals surface area contributed by atoms with Gasteiger partial charge >= 0.3 is 0 Å². The highest BCUT2D eigenvalue weighted by molar-refractivity contribution is 7.91. The van der Waals surface area contributed by atoms with Crippen LogP contribution in [0.4, 0.5) is 5.69 Å². The van der Waals surface area contributed by atoms with Crippen molar-refractivity contribution in [3.8, 4) is 0 Å². The summed E-state index contributed by atoms with van der Waals surface area (Å²) in [5, 5.41) is 3.22. The molecule has 20 heavy (non-hydrogen) atoms. The number of carbonyl (C=O) groups excluding carboxylic acids is 1. The molecule has 1 fully saturated rings. The number of benzene rings is 1. The van der Waals surface area contributed by atoms with Gasteiger partial charge in [-0.05, 0) is 18.1 Å². The molecule has 0 radical (unpaired) electrons. The number of hydrogen-bond donors (Lipinski definition) is 1. The van der Waals surface area contributed by atoms with E-state index in [1.807, 2.05) is 24.3 Å². The highest BCUT2D eigenvalue weighted by atomic mass is 32.2. The van der Waals surface area contributed by atoms with Crippen LogP contribution in [0.2, 0.25) is 0 Å². The van der Waals surface area contributed by atoms with Crippen LogP contribution in [0.3, 0.4) is 0 Å². The minimum Gasteiger partial charge on any atom is -0.373 e. The van der Waals surface area contributed by atoms with Crippen molar-refractivity contribution in [3.63, 3.8) is 0 Å². The molecule has 2 aliphatic rings. The number of nitrogens with one attached hydrogen (secondary N) is 1. The minimum absolute atomic E-state index is 0.0247. The van der Waals surface area contributed by atoms with E-state index in [4.69, 9.17) is 0 Å². The van der Waals surface area contributed by atoms with Gasteiger partial charge in [0.05, 0.1) is 11.5 Å². The van der Waals surface area contributed by atoms with E-state index in [1.165, 1.54) is 0 Å². The lowest BCUT2D eigenvalue weighted by Gasteiger charge is -2.26. The van der Waals surface area contributed by atoms with Crippen LogP contribution in [-0.4, -0.2) is 49.9 Å². The first-order valence-corrected chi connectivity index (χ1v) is 8.60. The quantitative estimate of drug-likeness (QED) is 0.870. The first-order chi connectivity index (χ1) is 9.46. The van der Waals surface area contributed by atoms with E-state index in [2.05, 4.69) is 5.32 Å². The summed E-state index contributed by atoms with van der Waals surface area (Å²) in [5.41, 5.74) is 2.14. The number of amides is 1. The summed E-state index contributed by atoms with van der Waals surface area (Å²) in [5.74, 6) is 0.256. The van der Waals surface area contributed by atoms with Crippen molar-refractivity contribution in [2.24, 2.45) is 0 Å². The Morgan fingerprint density at radius 1 is 1.35 bits per heavy atom. The van der Waals surface area contributed by atoms with Gasteiger partial charge in [0.15, 0.2) is 9.84 Å². The second-order valence-electron chi connectivity index (χ2n) is 5.56. The van der Waals surface area contributed by atoms with Crippen molar-refractivity contribution in [2.45, 2.75) is 24.9 Å². The third-order valence-corrected chi connectivity index (χ3v) is 5.92. The van der Waals surface area contributed by atoms with Crippen molar-refractivity contribution in [1.29, 1.82) is 0 Å². The maximum absolute atomic E-state index is 12.5. The number of rotatable bonds is 2. The fraction of sp³-hybridized carbons (Fsp3) is 0.500. The topological polar surface area (TPSA) is 66.5 Å². The standard InChI is InChI=1S/C14H18N2O3S/c1-16(11-6-7-20(18,19)9-11)14(17)13-8-10-4-2-3-5-12(10)15-13/h2-5,11,13,15H,6-9H2,1H3/t11?,13-/m0/s1. The first kappa shape index (κ1) is 13.4. The van der Waals surface area contributed by atoms with E-state index in [9.17, 15) is 13.2 Å². The predicted octanol–water partition coefficient (Wildman–Crippen LogP) is 0.669. The van der Waals surface area contributed by atoms with Gasteiger partial charge in [-0.25, -0.2) is 8.42 Å². The van der Waals surface area contributed by atoms with Gasteiger partial charge in [-0.3, -0.25) is 4.79 Å². The number of sulfone groups is 1. The molecule has 2 heterocycles. The summed E-state index contributed by atoms with van der Waals surface area (Å²) in [4.78, 5) is 14.1. The number of para-hydroxylation sites is 1. The van der Waals surface area contributed by atoms with Gasteiger partial charge in [-0.15, -0.1) is 0 Å². The second kappa shape index (κ2) is 4.77. The summed E-state index contributed by atoms with van der Waals surface area (Å²) < 4.78 is 23.0. The van der Waals surface area contributed by atoms with E-state index < -0.39 is 9.84 Å². The molecule has 0 aromatic heterocycles. The lowest BCUT2D eigenvalue weighted by molar-refractivity contribution is -0.132. The van der Waals surface area contributed by atoms with Crippen LogP contribution >= 0.6 is 0 Å². The first-order valence-electron chi connectivity index (χ1n) is 6.78. The molecule has 0 spiro atoms. The highest BCUT2D eigenvalue weighted by Crippen LogP contribution is 2.27. The molecule has 3 rings (SSSR count). The monoisotopic (exact) mass is 294 g/mol. The molecule has 1 N–H and O–H groups in total. The lowest BCUT2D eigenvalue weighted by Crippen LogP contribution is -2.45. The Balaban J connectivity index is 1.69. The van der Waals surface area contributed by atoms with E-state index >= 15 is 0 Å². The Morgan fingerprint density at radius 3 is 2.75 bits per heavy atom. The molecule has 0 aliphatic carbocycles. The third kappa shape index (κ3) is 2.40. The van der Waals surface area contributed by atoms with Gasteiger partial charge in [0.1, 0.15) is 6.04 Å². The predicted molar refractivity (Wildman–Crippen MR) is 77.4 cm³/mol. The zero-order valence-corrected chi connectivity index (χ0v) is 12.2. The van der Waals surface area contributed by atoms with Gasteiger partial charge < -0.3 is 10.2 Å². The molecule has 1 unspecified atom stereocenters. The zero-order valence-electron chi connectivity index (χ0n) is 11.4. The zero-order chi connectivity index (χ0) is 14.3. The van der Waals surface area contributed by atoms with Gasteiger partial charge in [-0.1, -0.05) is 18.2 Å². The summed E-state index contributed by atoms with van der Waals surface area (Å²) in [6.45, 7) is 0.